The van der Waals surface area contributed by atoms with Crippen molar-refractivity contribution in [3.05, 3.63) is 53.9 Å². The van der Waals surface area contributed by atoms with Crippen LogP contribution in [0.3, 0.4) is 0 Å². The number of thioether (sulfide) groups is 1. The van der Waals surface area contributed by atoms with Crippen molar-refractivity contribution in [3.63, 3.8) is 0 Å². The van der Waals surface area contributed by atoms with Crippen LogP contribution >= 0.6 is 11.8 Å². The molecule has 1 aromatic carbocycles. The van der Waals surface area contributed by atoms with Crippen LogP contribution in [0.4, 0.5) is 5.82 Å². The van der Waals surface area contributed by atoms with E-state index in [1.165, 1.54) is 0 Å². The van der Waals surface area contributed by atoms with Crippen molar-refractivity contribution in [1.29, 1.82) is 0 Å². The van der Waals surface area contributed by atoms with Crippen LogP contribution in [0.5, 0.6) is 0 Å². The zero-order chi connectivity index (χ0) is 19.2. The first-order chi connectivity index (χ1) is 13.1. The van der Waals surface area contributed by atoms with E-state index in [0.717, 1.165) is 34.5 Å². The molecule has 3 aromatic rings. The molecule has 0 bridgehead atoms. The second-order valence-corrected chi connectivity index (χ2v) is 6.66. The maximum absolute atomic E-state index is 12.4. The van der Waals surface area contributed by atoms with Crippen LogP contribution in [0, 0.1) is 0 Å². The third-order valence-electron chi connectivity index (χ3n) is 4.12. The Kier molecular flexibility index (Phi) is 6.08. The number of nitrogens with zero attached hydrogens (tertiary/aromatic N) is 4. The van der Waals surface area contributed by atoms with Gasteiger partial charge in [-0.3, -0.25) is 4.79 Å². The quantitative estimate of drug-likeness (QED) is 0.611. The van der Waals surface area contributed by atoms with Gasteiger partial charge in [-0.05, 0) is 37.4 Å². The Morgan fingerprint density at radius 1 is 1.15 bits per heavy atom. The first-order valence-corrected chi connectivity index (χ1v) is 9.85. The summed E-state index contributed by atoms with van der Waals surface area (Å²) in [5, 5.41) is 15.3. The Morgan fingerprint density at radius 3 is 2.52 bits per heavy atom. The van der Waals surface area contributed by atoms with Crippen LogP contribution in [-0.4, -0.2) is 38.5 Å². The van der Waals surface area contributed by atoms with E-state index in [1.807, 2.05) is 49.1 Å². The molecule has 2 N–H and O–H groups in total. The third-order valence-corrected chi connectivity index (χ3v) is 4.86. The van der Waals surface area contributed by atoms with Crippen molar-refractivity contribution in [2.75, 3.05) is 18.1 Å². The van der Waals surface area contributed by atoms with Gasteiger partial charge in [0.05, 0.1) is 24.1 Å². The number of rotatable bonds is 7. The van der Waals surface area contributed by atoms with Gasteiger partial charge in [0.15, 0.2) is 5.16 Å². The van der Waals surface area contributed by atoms with Crippen molar-refractivity contribution in [1.82, 2.24) is 25.1 Å². The van der Waals surface area contributed by atoms with Crippen molar-refractivity contribution >= 4 is 23.5 Å². The van der Waals surface area contributed by atoms with E-state index < -0.39 is 0 Å². The minimum absolute atomic E-state index is 0.123. The SMILES string of the molecule is CCNc1ccc(-c2ccc(C(=O)NCc3cnc(SC)n3C)cc2)nn1. The van der Waals surface area contributed by atoms with E-state index in [1.54, 1.807) is 30.1 Å². The van der Waals surface area contributed by atoms with Crippen LogP contribution in [0.1, 0.15) is 23.0 Å². The summed E-state index contributed by atoms with van der Waals surface area (Å²) in [6.45, 7) is 3.24. The Labute approximate surface area is 162 Å². The number of carbonyl (C=O) groups excluding carboxylic acids is 1. The van der Waals surface area contributed by atoms with Gasteiger partial charge in [0.2, 0.25) is 0 Å². The number of hydrogen-bond donors (Lipinski definition) is 2. The highest BCUT2D eigenvalue weighted by Gasteiger charge is 2.10. The molecular formula is C19H22N6OS. The molecule has 7 nitrogen and oxygen atoms in total. The molecule has 0 saturated carbocycles. The Morgan fingerprint density at radius 2 is 1.93 bits per heavy atom. The minimum Gasteiger partial charge on any atom is -0.369 e. The molecule has 8 heteroatoms. The average Bonchev–Trinajstić information content (AvgIpc) is 3.07. The topological polar surface area (TPSA) is 84.7 Å². The van der Waals surface area contributed by atoms with Gasteiger partial charge in [-0.15, -0.1) is 10.2 Å². The molecule has 0 aliphatic rings. The summed E-state index contributed by atoms with van der Waals surface area (Å²) in [6, 6.07) is 11.1. The number of anilines is 1. The standard InChI is InChI=1S/C19H22N6OS/c1-4-20-17-10-9-16(23-24-17)13-5-7-14(8-6-13)18(26)21-11-15-12-22-19(27-3)25(15)2/h5-10,12H,4,11H2,1-3H3,(H,20,24)(H,21,26). The van der Waals surface area contributed by atoms with Gasteiger partial charge in [0.1, 0.15) is 5.82 Å². The van der Waals surface area contributed by atoms with Gasteiger partial charge in [-0.2, -0.15) is 0 Å². The summed E-state index contributed by atoms with van der Waals surface area (Å²) in [6.07, 6.45) is 3.76. The van der Waals surface area contributed by atoms with E-state index in [9.17, 15) is 4.79 Å². The minimum atomic E-state index is -0.123. The Hall–Kier alpha value is -2.87. The molecule has 0 spiro atoms. The number of amides is 1. The molecule has 0 saturated heterocycles. The number of carbonyl (C=O) groups is 1. The van der Waals surface area contributed by atoms with E-state index in [2.05, 4.69) is 25.8 Å². The Bertz CT molecular complexity index is 905. The summed E-state index contributed by atoms with van der Waals surface area (Å²) >= 11 is 1.57. The van der Waals surface area contributed by atoms with Crippen LogP contribution in [0.15, 0.2) is 47.8 Å². The summed E-state index contributed by atoms with van der Waals surface area (Å²) in [5.74, 6) is 0.624. The van der Waals surface area contributed by atoms with Crippen molar-refractivity contribution in [2.45, 2.75) is 18.6 Å². The van der Waals surface area contributed by atoms with Gasteiger partial charge in [0, 0.05) is 24.7 Å². The number of imidazole rings is 1. The zero-order valence-electron chi connectivity index (χ0n) is 15.6. The van der Waals surface area contributed by atoms with Crippen molar-refractivity contribution in [3.8, 4) is 11.3 Å². The fourth-order valence-corrected chi connectivity index (χ4v) is 3.16. The van der Waals surface area contributed by atoms with Crippen LogP contribution in [0.2, 0.25) is 0 Å². The lowest BCUT2D eigenvalue weighted by atomic mass is 10.1. The van der Waals surface area contributed by atoms with Crippen LogP contribution < -0.4 is 10.6 Å². The summed E-state index contributed by atoms with van der Waals surface area (Å²) in [4.78, 5) is 16.7. The first kappa shape index (κ1) is 18.9. The van der Waals surface area contributed by atoms with Gasteiger partial charge >= 0.3 is 0 Å². The fourth-order valence-electron chi connectivity index (χ4n) is 2.61. The normalized spacial score (nSPS) is 10.6. The lowest BCUT2D eigenvalue weighted by Crippen LogP contribution is -2.23. The molecule has 140 valence electrons. The van der Waals surface area contributed by atoms with Crippen molar-refractivity contribution < 1.29 is 4.79 Å². The Balaban J connectivity index is 1.63. The smallest absolute Gasteiger partial charge is 0.251 e. The lowest BCUT2D eigenvalue weighted by molar-refractivity contribution is 0.0950. The highest BCUT2D eigenvalue weighted by molar-refractivity contribution is 7.98. The monoisotopic (exact) mass is 382 g/mol. The summed E-state index contributed by atoms with van der Waals surface area (Å²) in [7, 11) is 1.94. The lowest BCUT2D eigenvalue weighted by Gasteiger charge is -2.08. The van der Waals surface area contributed by atoms with Gasteiger partial charge < -0.3 is 15.2 Å². The highest BCUT2D eigenvalue weighted by atomic mass is 32.2. The van der Waals surface area contributed by atoms with E-state index in [4.69, 9.17) is 0 Å². The van der Waals surface area contributed by atoms with Crippen LogP contribution in [-0.2, 0) is 13.6 Å². The van der Waals surface area contributed by atoms with E-state index in [0.29, 0.717) is 12.1 Å². The molecular weight excluding hydrogens is 360 g/mol. The molecule has 0 fully saturated rings. The molecule has 0 aliphatic heterocycles. The maximum Gasteiger partial charge on any atom is 0.251 e. The molecule has 0 radical (unpaired) electrons. The van der Waals surface area contributed by atoms with Crippen molar-refractivity contribution in [2.24, 2.45) is 7.05 Å². The predicted octanol–water partition coefficient (Wildman–Crippen LogP) is 2.96. The molecule has 3 rings (SSSR count). The fraction of sp³-hybridized carbons (Fsp3) is 0.263. The zero-order valence-corrected chi connectivity index (χ0v) is 16.4. The van der Waals surface area contributed by atoms with Gasteiger partial charge in [0.25, 0.3) is 5.91 Å². The third kappa shape index (κ3) is 4.46. The number of hydrogen-bond acceptors (Lipinski definition) is 6. The predicted molar refractivity (Wildman–Crippen MR) is 108 cm³/mol. The highest BCUT2D eigenvalue weighted by Crippen LogP contribution is 2.18. The van der Waals surface area contributed by atoms with Crippen LogP contribution in [0.25, 0.3) is 11.3 Å². The summed E-state index contributed by atoms with van der Waals surface area (Å²) < 4.78 is 1.98. The average molecular weight is 382 g/mol. The van der Waals surface area contributed by atoms with Gasteiger partial charge in [-0.25, -0.2) is 4.98 Å². The second kappa shape index (κ2) is 8.68. The number of benzene rings is 1. The number of aromatic nitrogens is 4. The molecule has 1 amide bonds. The number of nitrogens with one attached hydrogen (secondary N) is 2. The van der Waals surface area contributed by atoms with E-state index >= 15 is 0 Å². The molecule has 27 heavy (non-hydrogen) atoms. The summed E-state index contributed by atoms with van der Waals surface area (Å²) in [5.41, 5.74) is 3.24. The van der Waals surface area contributed by atoms with Gasteiger partial charge in [-0.1, -0.05) is 23.9 Å². The molecule has 0 unspecified atom stereocenters. The molecule has 2 aromatic heterocycles. The largest absolute Gasteiger partial charge is 0.369 e. The molecule has 0 aliphatic carbocycles. The second-order valence-electron chi connectivity index (χ2n) is 5.89. The van der Waals surface area contributed by atoms with E-state index in [-0.39, 0.29) is 5.91 Å². The maximum atomic E-state index is 12.4. The molecule has 0 atom stereocenters. The first-order valence-electron chi connectivity index (χ1n) is 8.63. The molecule has 2 heterocycles.